The highest BCUT2D eigenvalue weighted by atomic mass is 32.2. The first-order valence-corrected chi connectivity index (χ1v) is 7.64. The second-order valence-electron chi connectivity index (χ2n) is 4.10. The predicted octanol–water partition coefficient (Wildman–Crippen LogP) is 1.54. The minimum absolute atomic E-state index is 0.00857. The Morgan fingerprint density at radius 1 is 1.33 bits per heavy atom. The molecule has 98 valence electrons. The number of amides is 1. The molecule has 0 saturated heterocycles. The van der Waals surface area contributed by atoms with Crippen molar-refractivity contribution in [3.05, 3.63) is 48.0 Å². The van der Waals surface area contributed by atoms with Gasteiger partial charge in [0.25, 0.3) is 5.91 Å². The molecule has 0 aliphatic heterocycles. The normalized spacial score (nSPS) is 10.9. The molecule has 1 aromatic rings. The first-order chi connectivity index (χ1) is 8.42. The molecule has 1 rings (SSSR count). The maximum Gasteiger partial charge on any atom is 0.251 e. The quantitative estimate of drug-likeness (QED) is 0.628. The van der Waals surface area contributed by atoms with E-state index in [1.165, 1.54) is 6.26 Å². The number of benzene rings is 1. The number of nitrogens with one attached hydrogen (secondary N) is 1. The number of carbonyl (C=O) groups is 1. The third-order valence-corrected chi connectivity index (χ3v) is 3.14. The molecular formula is C13H17NO3S. The van der Waals surface area contributed by atoms with Gasteiger partial charge in [0, 0.05) is 18.4 Å². The minimum Gasteiger partial charge on any atom is -0.352 e. The number of carbonyl (C=O) groups excluding carboxylic acids is 1. The standard InChI is InChI=1S/C13H17NO3S/c1-3-4-9-14-13(15)12-7-5-11(6-8-12)10-18(2,16)17/h3,5-8H,1,4,9-10H2,2H3,(H,14,15). The van der Waals surface area contributed by atoms with Gasteiger partial charge in [0.2, 0.25) is 0 Å². The van der Waals surface area contributed by atoms with E-state index in [4.69, 9.17) is 0 Å². The van der Waals surface area contributed by atoms with Crippen molar-refractivity contribution in [3.8, 4) is 0 Å². The van der Waals surface area contributed by atoms with E-state index in [1.807, 2.05) is 0 Å². The smallest absolute Gasteiger partial charge is 0.251 e. The molecule has 1 N–H and O–H groups in total. The summed E-state index contributed by atoms with van der Waals surface area (Å²) >= 11 is 0. The average Bonchev–Trinajstić information content (AvgIpc) is 2.28. The molecule has 0 saturated carbocycles. The van der Waals surface area contributed by atoms with E-state index < -0.39 is 9.84 Å². The van der Waals surface area contributed by atoms with E-state index in [0.29, 0.717) is 17.7 Å². The van der Waals surface area contributed by atoms with Gasteiger partial charge in [-0.1, -0.05) is 18.2 Å². The lowest BCUT2D eigenvalue weighted by molar-refractivity contribution is 0.0954. The molecule has 1 aromatic carbocycles. The molecule has 1 amide bonds. The SMILES string of the molecule is C=CCCNC(=O)c1ccc(CS(C)(=O)=O)cc1. The van der Waals surface area contributed by atoms with Crippen molar-refractivity contribution in [1.29, 1.82) is 0 Å². The highest BCUT2D eigenvalue weighted by Crippen LogP contribution is 2.07. The number of hydrogen-bond acceptors (Lipinski definition) is 3. The number of rotatable bonds is 6. The van der Waals surface area contributed by atoms with Crippen LogP contribution in [0.5, 0.6) is 0 Å². The van der Waals surface area contributed by atoms with Crippen molar-refractivity contribution >= 4 is 15.7 Å². The highest BCUT2D eigenvalue weighted by Gasteiger charge is 2.07. The van der Waals surface area contributed by atoms with Crippen molar-refractivity contribution in [2.45, 2.75) is 12.2 Å². The van der Waals surface area contributed by atoms with Crippen LogP contribution in [-0.4, -0.2) is 27.1 Å². The predicted molar refractivity (Wildman–Crippen MR) is 72.1 cm³/mol. The van der Waals surface area contributed by atoms with Crippen LogP contribution in [0.2, 0.25) is 0 Å². The van der Waals surface area contributed by atoms with Crippen molar-refractivity contribution in [2.24, 2.45) is 0 Å². The minimum atomic E-state index is -3.04. The lowest BCUT2D eigenvalue weighted by Crippen LogP contribution is -2.24. The molecule has 0 aliphatic carbocycles. The van der Waals surface area contributed by atoms with Crippen LogP contribution < -0.4 is 5.32 Å². The highest BCUT2D eigenvalue weighted by molar-refractivity contribution is 7.89. The molecule has 0 fully saturated rings. The molecule has 0 aliphatic rings. The van der Waals surface area contributed by atoms with E-state index in [2.05, 4.69) is 11.9 Å². The van der Waals surface area contributed by atoms with Gasteiger partial charge in [-0.2, -0.15) is 0 Å². The van der Waals surface area contributed by atoms with Gasteiger partial charge in [0.1, 0.15) is 0 Å². The summed E-state index contributed by atoms with van der Waals surface area (Å²) in [4.78, 5) is 11.7. The van der Waals surface area contributed by atoms with E-state index >= 15 is 0 Å². The first kappa shape index (κ1) is 14.4. The molecular weight excluding hydrogens is 250 g/mol. The Morgan fingerprint density at radius 3 is 2.44 bits per heavy atom. The summed E-state index contributed by atoms with van der Waals surface area (Å²) < 4.78 is 22.2. The van der Waals surface area contributed by atoms with Crippen molar-refractivity contribution in [2.75, 3.05) is 12.8 Å². The van der Waals surface area contributed by atoms with Gasteiger partial charge >= 0.3 is 0 Å². The summed E-state index contributed by atoms with van der Waals surface area (Å²) in [6.45, 7) is 4.12. The number of hydrogen-bond donors (Lipinski definition) is 1. The van der Waals surface area contributed by atoms with Crippen LogP contribution in [0, 0.1) is 0 Å². The largest absolute Gasteiger partial charge is 0.352 e. The van der Waals surface area contributed by atoms with E-state index in [9.17, 15) is 13.2 Å². The third-order valence-electron chi connectivity index (χ3n) is 2.28. The van der Waals surface area contributed by atoms with Gasteiger partial charge in [-0.05, 0) is 24.1 Å². The fraction of sp³-hybridized carbons (Fsp3) is 0.308. The van der Waals surface area contributed by atoms with Gasteiger partial charge in [-0.15, -0.1) is 6.58 Å². The summed E-state index contributed by atoms with van der Waals surface area (Å²) in [6, 6.07) is 6.57. The van der Waals surface area contributed by atoms with Crippen molar-refractivity contribution in [1.82, 2.24) is 5.32 Å². The van der Waals surface area contributed by atoms with Crippen LogP contribution in [0.4, 0.5) is 0 Å². The fourth-order valence-corrected chi connectivity index (χ4v) is 2.24. The van der Waals surface area contributed by atoms with Crippen LogP contribution in [0.15, 0.2) is 36.9 Å². The van der Waals surface area contributed by atoms with Gasteiger partial charge < -0.3 is 5.32 Å². The second kappa shape index (κ2) is 6.35. The maximum atomic E-state index is 11.7. The molecule has 0 aromatic heterocycles. The van der Waals surface area contributed by atoms with Crippen LogP contribution in [0.1, 0.15) is 22.3 Å². The van der Waals surface area contributed by atoms with E-state index in [1.54, 1.807) is 30.3 Å². The zero-order valence-corrected chi connectivity index (χ0v) is 11.2. The summed E-state index contributed by atoms with van der Waals surface area (Å²) in [5, 5.41) is 2.74. The molecule has 0 unspecified atom stereocenters. The monoisotopic (exact) mass is 267 g/mol. The lowest BCUT2D eigenvalue weighted by Gasteiger charge is -2.04. The Hall–Kier alpha value is -1.62. The van der Waals surface area contributed by atoms with Crippen LogP contribution in [-0.2, 0) is 15.6 Å². The molecule has 0 heterocycles. The molecule has 5 heteroatoms. The lowest BCUT2D eigenvalue weighted by atomic mass is 10.1. The number of sulfone groups is 1. The average molecular weight is 267 g/mol. The zero-order chi connectivity index (χ0) is 13.6. The van der Waals surface area contributed by atoms with Crippen molar-refractivity contribution in [3.63, 3.8) is 0 Å². The third kappa shape index (κ3) is 5.14. The Labute approximate surface area is 108 Å². The Bertz CT molecular complexity index is 518. The van der Waals surface area contributed by atoms with Crippen molar-refractivity contribution < 1.29 is 13.2 Å². The van der Waals surface area contributed by atoms with Gasteiger partial charge in [0.05, 0.1) is 5.75 Å². The molecule has 18 heavy (non-hydrogen) atoms. The van der Waals surface area contributed by atoms with Crippen LogP contribution in [0.25, 0.3) is 0 Å². The van der Waals surface area contributed by atoms with Crippen LogP contribution >= 0.6 is 0 Å². The Kier molecular flexibility index (Phi) is 5.09. The topological polar surface area (TPSA) is 63.2 Å². The van der Waals surface area contributed by atoms with E-state index in [0.717, 1.165) is 6.42 Å². The Balaban J connectivity index is 2.65. The van der Waals surface area contributed by atoms with Gasteiger partial charge in [-0.3, -0.25) is 4.79 Å². The molecule has 0 atom stereocenters. The first-order valence-electron chi connectivity index (χ1n) is 5.58. The molecule has 0 radical (unpaired) electrons. The summed E-state index contributed by atoms with van der Waals surface area (Å²) in [6.07, 6.45) is 3.64. The zero-order valence-electron chi connectivity index (χ0n) is 10.3. The molecule has 0 bridgehead atoms. The summed E-state index contributed by atoms with van der Waals surface area (Å²) in [5.74, 6) is -0.173. The second-order valence-corrected chi connectivity index (χ2v) is 6.24. The Morgan fingerprint density at radius 2 is 1.94 bits per heavy atom. The summed E-state index contributed by atoms with van der Waals surface area (Å²) in [5.41, 5.74) is 1.21. The van der Waals surface area contributed by atoms with Gasteiger partial charge in [0.15, 0.2) is 9.84 Å². The van der Waals surface area contributed by atoms with Crippen LogP contribution in [0.3, 0.4) is 0 Å². The molecule has 4 nitrogen and oxygen atoms in total. The molecule has 0 spiro atoms. The van der Waals surface area contributed by atoms with E-state index in [-0.39, 0.29) is 11.7 Å². The summed E-state index contributed by atoms with van der Waals surface area (Å²) in [7, 11) is -3.04. The van der Waals surface area contributed by atoms with Gasteiger partial charge in [-0.25, -0.2) is 8.42 Å². The fourth-order valence-electron chi connectivity index (χ4n) is 1.44. The maximum absolute atomic E-state index is 11.7.